The molecule has 1 saturated heterocycles. The predicted octanol–water partition coefficient (Wildman–Crippen LogP) is 5.02. The van der Waals surface area contributed by atoms with Gasteiger partial charge in [0.2, 0.25) is 11.8 Å². The van der Waals surface area contributed by atoms with Crippen molar-refractivity contribution in [3.05, 3.63) is 89.4 Å². The molecule has 150 valence electrons. The summed E-state index contributed by atoms with van der Waals surface area (Å²) in [5.74, 6) is -0.812. The monoisotopic (exact) mass is 436 g/mol. The summed E-state index contributed by atoms with van der Waals surface area (Å²) in [6, 6.07) is 22.7. The lowest BCUT2D eigenvalue weighted by Gasteiger charge is -2.15. The van der Waals surface area contributed by atoms with Crippen molar-refractivity contribution >= 4 is 52.5 Å². The molecule has 0 bridgehead atoms. The molecule has 1 fully saturated rings. The lowest BCUT2D eigenvalue weighted by Crippen LogP contribution is -2.31. The molecule has 1 heterocycles. The number of carbonyl (C=O) groups is 3. The summed E-state index contributed by atoms with van der Waals surface area (Å²) in [7, 11) is 0. The number of nitrogens with one attached hydrogen (secondary N) is 1. The van der Waals surface area contributed by atoms with E-state index >= 15 is 0 Å². The van der Waals surface area contributed by atoms with Gasteiger partial charge in [0.05, 0.1) is 16.5 Å². The van der Waals surface area contributed by atoms with Crippen molar-refractivity contribution in [3.63, 3.8) is 0 Å². The Kier molecular flexibility index (Phi) is 5.88. The molecule has 7 heteroatoms. The largest absolute Gasteiger partial charge is 0.322 e. The number of thioether (sulfide) groups is 1. The molecule has 1 aliphatic heterocycles. The predicted molar refractivity (Wildman–Crippen MR) is 119 cm³/mol. The Morgan fingerprint density at radius 3 is 2.33 bits per heavy atom. The van der Waals surface area contributed by atoms with Crippen molar-refractivity contribution in [3.8, 4) is 0 Å². The quantitative estimate of drug-likeness (QED) is 0.570. The first-order valence-electron chi connectivity index (χ1n) is 9.27. The van der Waals surface area contributed by atoms with Crippen LogP contribution in [-0.2, 0) is 9.59 Å². The van der Waals surface area contributed by atoms with E-state index in [-0.39, 0.29) is 24.1 Å². The standard InChI is InChI=1S/C23H17ClN2O3S/c24-15-10-12-16(13-11-15)25-22(28)18-8-4-5-9-19(18)30-20-14-21(27)26(23(20)29)17-6-2-1-3-7-17/h1-13,20H,14H2,(H,25,28). The third kappa shape index (κ3) is 4.25. The smallest absolute Gasteiger partial charge is 0.256 e. The van der Waals surface area contributed by atoms with E-state index in [1.54, 1.807) is 72.8 Å². The maximum absolute atomic E-state index is 12.9. The number of amides is 3. The van der Waals surface area contributed by atoms with E-state index in [0.29, 0.717) is 26.9 Å². The van der Waals surface area contributed by atoms with Crippen LogP contribution in [0.25, 0.3) is 0 Å². The summed E-state index contributed by atoms with van der Waals surface area (Å²) in [5.41, 5.74) is 1.62. The van der Waals surface area contributed by atoms with Crippen LogP contribution in [0.4, 0.5) is 11.4 Å². The molecule has 3 amide bonds. The van der Waals surface area contributed by atoms with Crippen LogP contribution in [0.2, 0.25) is 5.02 Å². The van der Waals surface area contributed by atoms with Crippen LogP contribution in [0.1, 0.15) is 16.8 Å². The summed E-state index contributed by atoms with van der Waals surface area (Å²) in [5, 5.41) is 2.83. The summed E-state index contributed by atoms with van der Waals surface area (Å²) < 4.78 is 0. The third-order valence-electron chi connectivity index (χ3n) is 4.62. The molecule has 0 radical (unpaired) electrons. The molecule has 3 aromatic carbocycles. The highest BCUT2D eigenvalue weighted by Crippen LogP contribution is 2.35. The SMILES string of the molecule is O=C(Nc1ccc(Cl)cc1)c1ccccc1SC1CC(=O)N(c2ccccc2)C1=O. The average molecular weight is 437 g/mol. The Labute approximate surface area is 183 Å². The van der Waals surface area contributed by atoms with Crippen LogP contribution in [0, 0.1) is 0 Å². The van der Waals surface area contributed by atoms with Crippen LogP contribution in [0.5, 0.6) is 0 Å². The van der Waals surface area contributed by atoms with Gasteiger partial charge in [-0.1, -0.05) is 41.9 Å². The average Bonchev–Trinajstić information content (AvgIpc) is 3.03. The van der Waals surface area contributed by atoms with Gasteiger partial charge in [-0.3, -0.25) is 14.4 Å². The molecule has 4 rings (SSSR count). The first-order chi connectivity index (χ1) is 14.5. The number of halogens is 1. The number of imide groups is 1. The van der Waals surface area contributed by atoms with Gasteiger partial charge in [0.1, 0.15) is 0 Å². The van der Waals surface area contributed by atoms with E-state index in [4.69, 9.17) is 11.6 Å². The van der Waals surface area contributed by atoms with Crippen molar-refractivity contribution in [2.45, 2.75) is 16.6 Å². The van der Waals surface area contributed by atoms with Gasteiger partial charge in [0.25, 0.3) is 5.91 Å². The van der Waals surface area contributed by atoms with Gasteiger partial charge in [-0.2, -0.15) is 0 Å². The van der Waals surface area contributed by atoms with Gasteiger partial charge in [-0.15, -0.1) is 11.8 Å². The molecule has 30 heavy (non-hydrogen) atoms. The van der Waals surface area contributed by atoms with Crippen LogP contribution in [0.15, 0.2) is 83.8 Å². The number of hydrogen-bond donors (Lipinski definition) is 1. The van der Waals surface area contributed by atoms with Gasteiger partial charge in [0.15, 0.2) is 0 Å². The minimum atomic E-state index is -0.581. The molecular weight excluding hydrogens is 420 g/mol. The molecule has 1 unspecified atom stereocenters. The van der Waals surface area contributed by atoms with E-state index < -0.39 is 5.25 Å². The molecule has 0 aromatic heterocycles. The van der Waals surface area contributed by atoms with Crippen molar-refractivity contribution in [2.24, 2.45) is 0 Å². The number of rotatable bonds is 5. The second kappa shape index (κ2) is 8.73. The maximum Gasteiger partial charge on any atom is 0.256 e. The van der Waals surface area contributed by atoms with Gasteiger partial charge in [-0.05, 0) is 48.5 Å². The molecule has 1 aliphatic rings. The Bertz CT molecular complexity index is 1100. The van der Waals surface area contributed by atoms with Crippen molar-refractivity contribution in [2.75, 3.05) is 10.2 Å². The summed E-state index contributed by atoms with van der Waals surface area (Å²) in [6.07, 6.45) is 0.0888. The normalized spacial score (nSPS) is 16.0. The molecular formula is C23H17ClN2O3S. The zero-order valence-electron chi connectivity index (χ0n) is 15.7. The van der Waals surface area contributed by atoms with E-state index in [1.165, 1.54) is 16.7 Å². The van der Waals surface area contributed by atoms with Gasteiger partial charge in [-0.25, -0.2) is 4.90 Å². The Balaban J connectivity index is 1.53. The molecule has 1 N–H and O–H groups in total. The number of benzene rings is 3. The van der Waals surface area contributed by atoms with Crippen LogP contribution in [-0.4, -0.2) is 23.0 Å². The van der Waals surface area contributed by atoms with Crippen molar-refractivity contribution < 1.29 is 14.4 Å². The first-order valence-corrected chi connectivity index (χ1v) is 10.5. The number of nitrogens with zero attached hydrogens (tertiary/aromatic N) is 1. The number of hydrogen-bond acceptors (Lipinski definition) is 4. The lowest BCUT2D eigenvalue weighted by molar-refractivity contribution is -0.121. The molecule has 0 saturated carbocycles. The van der Waals surface area contributed by atoms with Gasteiger partial charge < -0.3 is 5.32 Å². The molecule has 5 nitrogen and oxygen atoms in total. The Morgan fingerprint density at radius 1 is 0.933 bits per heavy atom. The van der Waals surface area contributed by atoms with Crippen molar-refractivity contribution in [1.82, 2.24) is 0 Å². The Hall–Kier alpha value is -3.09. The second-order valence-corrected chi connectivity index (χ2v) is 8.35. The first kappa shape index (κ1) is 20.2. The van der Waals surface area contributed by atoms with E-state index in [1.807, 2.05) is 6.07 Å². The molecule has 3 aromatic rings. The van der Waals surface area contributed by atoms with E-state index in [2.05, 4.69) is 5.32 Å². The van der Waals surface area contributed by atoms with E-state index in [9.17, 15) is 14.4 Å². The summed E-state index contributed by atoms with van der Waals surface area (Å²) >= 11 is 7.12. The highest BCUT2D eigenvalue weighted by Gasteiger charge is 2.40. The topological polar surface area (TPSA) is 66.5 Å². The fourth-order valence-corrected chi connectivity index (χ4v) is 4.50. The van der Waals surface area contributed by atoms with E-state index in [0.717, 1.165) is 0 Å². The second-order valence-electron chi connectivity index (χ2n) is 6.67. The molecule has 0 aliphatic carbocycles. The van der Waals surface area contributed by atoms with Gasteiger partial charge >= 0.3 is 0 Å². The fourth-order valence-electron chi connectivity index (χ4n) is 3.19. The lowest BCUT2D eigenvalue weighted by atomic mass is 10.2. The Morgan fingerprint density at radius 2 is 1.60 bits per heavy atom. The van der Waals surface area contributed by atoms with Gasteiger partial charge in [0, 0.05) is 22.0 Å². The summed E-state index contributed by atoms with van der Waals surface area (Å²) in [6.45, 7) is 0. The number of carbonyl (C=O) groups excluding carboxylic acids is 3. The minimum absolute atomic E-state index is 0.0888. The van der Waals surface area contributed by atoms with Crippen LogP contribution >= 0.6 is 23.4 Å². The van der Waals surface area contributed by atoms with Crippen LogP contribution in [0.3, 0.4) is 0 Å². The summed E-state index contributed by atoms with van der Waals surface area (Å²) in [4.78, 5) is 40.0. The van der Waals surface area contributed by atoms with Crippen LogP contribution < -0.4 is 10.2 Å². The molecule has 0 spiro atoms. The molecule has 1 atom stereocenters. The highest BCUT2D eigenvalue weighted by atomic mass is 35.5. The van der Waals surface area contributed by atoms with Crippen molar-refractivity contribution in [1.29, 1.82) is 0 Å². The minimum Gasteiger partial charge on any atom is -0.322 e. The maximum atomic E-state index is 12.9. The zero-order valence-corrected chi connectivity index (χ0v) is 17.3. The number of anilines is 2. The zero-order chi connectivity index (χ0) is 21.1. The number of para-hydroxylation sites is 1. The fraction of sp³-hybridized carbons (Fsp3) is 0.0870. The third-order valence-corrected chi connectivity index (χ3v) is 6.14. The highest BCUT2D eigenvalue weighted by molar-refractivity contribution is 8.00.